The van der Waals surface area contributed by atoms with Gasteiger partial charge < -0.3 is 19.7 Å². The van der Waals surface area contributed by atoms with E-state index in [1.54, 1.807) is 19.1 Å². The molecule has 5 heteroatoms. The number of carbonyl (C=O) groups excluding carboxylic acids is 1. The van der Waals surface area contributed by atoms with Gasteiger partial charge in [-0.1, -0.05) is 42.5 Å². The van der Waals surface area contributed by atoms with Gasteiger partial charge in [-0.05, 0) is 18.6 Å². The minimum Gasteiger partial charge on any atom is -0.504 e. The first-order valence-electron chi connectivity index (χ1n) is 6.96. The molecular formula is C17H18O5. The molecule has 0 spiro atoms. The molecule has 0 bridgehead atoms. The Morgan fingerprint density at radius 3 is 2.55 bits per heavy atom. The van der Waals surface area contributed by atoms with Crippen molar-refractivity contribution in [1.82, 2.24) is 0 Å². The van der Waals surface area contributed by atoms with Crippen molar-refractivity contribution >= 4 is 5.97 Å². The average molecular weight is 302 g/mol. The quantitative estimate of drug-likeness (QED) is 0.802. The lowest BCUT2D eigenvalue weighted by atomic mass is 10.1. The van der Waals surface area contributed by atoms with Crippen LogP contribution in [0.2, 0.25) is 0 Å². The van der Waals surface area contributed by atoms with Crippen molar-refractivity contribution in [3.05, 3.63) is 59.7 Å². The van der Waals surface area contributed by atoms with Crippen molar-refractivity contribution in [2.24, 2.45) is 0 Å². The Morgan fingerprint density at radius 1 is 1.14 bits per heavy atom. The van der Waals surface area contributed by atoms with Crippen LogP contribution in [0.5, 0.6) is 11.5 Å². The lowest BCUT2D eigenvalue weighted by Gasteiger charge is -2.14. The molecule has 0 aliphatic rings. The first-order valence-corrected chi connectivity index (χ1v) is 6.96. The molecule has 0 aliphatic heterocycles. The molecule has 2 N–H and O–H groups in total. The number of benzene rings is 2. The zero-order valence-electron chi connectivity index (χ0n) is 12.2. The van der Waals surface area contributed by atoms with Crippen LogP contribution in [0.25, 0.3) is 0 Å². The number of phenolic OH excluding ortho intramolecular Hbond substituents is 1. The van der Waals surface area contributed by atoms with Gasteiger partial charge in [-0.2, -0.15) is 0 Å². The van der Waals surface area contributed by atoms with Gasteiger partial charge in [0.05, 0.1) is 6.61 Å². The molecule has 1 unspecified atom stereocenters. The van der Waals surface area contributed by atoms with Gasteiger partial charge in [0.15, 0.2) is 17.6 Å². The summed E-state index contributed by atoms with van der Waals surface area (Å²) >= 11 is 0. The summed E-state index contributed by atoms with van der Waals surface area (Å²) in [5.41, 5.74) is 1.00. The number of phenols is 1. The highest BCUT2D eigenvalue weighted by Gasteiger charge is 2.23. The highest BCUT2D eigenvalue weighted by Crippen LogP contribution is 2.34. The SMILES string of the molecule is CCOC(=O)C(O)c1cccc(OCc2ccccc2)c1O. The van der Waals surface area contributed by atoms with Crippen molar-refractivity contribution in [3.8, 4) is 11.5 Å². The first-order chi connectivity index (χ1) is 10.6. The van der Waals surface area contributed by atoms with E-state index >= 15 is 0 Å². The van der Waals surface area contributed by atoms with Crippen LogP contribution in [0.4, 0.5) is 0 Å². The third kappa shape index (κ3) is 3.77. The third-order valence-electron chi connectivity index (χ3n) is 3.07. The summed E-state index contributed by atoms with van der Waals surface area (Å²) in [5, 5.41) is 20.1. The Hall–Kier alpha value is -2.53. The highest BCUT2D eigenvalue weighted by molar-refractivity contribution is 5.77. The Bertz CT molecular complexity index is 624. The molecule has 0 radical (unpaired) electrons. The number of esters is 1. The van der Waals surface area contributed by atoms with E-state index < -0.39 is 12.1 Å². The van der Waals surface area contributed by atoms with Gasteiger partial charge in [-0.15, -0.1) is 0 Å². The molecule has 0 aliphatic carbocycles. The normalized spacial score (nSPS) is 11.7. The van der Waals surface area contributed by atoms with E-state index in [2.05, 4.69) is 0 Å². The molecular weight excluding hydrogens is 284 g/mol. The lowest BCUT2D eigenvalue weighted by molar-refractivity contribution is -0.153. The monoisotopic (exact) mass is 302 g/mol. The minimum atomic E-state index is -1.54. The van der Waals surface area contributed by atoms with E-state index in [9.17, 15) is 15.0 Å². The smallest absolute Gasteiger partial charge is 0.339 e. The number of rotatable bonds is 6. The van der Waals surface area contributed by atoms with Crippen molar-refractivity contribution < 1.29 is 24.5 Å². The second-order valence-corrected chi connectivity index (χ2v) is 4.62. The Kier molecular flexibility index (Phi) is 5.38. The number of aliphatic hydroxyl groups is 1. The molecule has 22 heavy (non-hydrogen) atoms. The van der Waals surface area contributed by atoms with Gasteiger partial charge >= 0.3 is 5.97 Å². The molecule has 0 fully saturated rings. The van der Waals surface area contributed by atoms with E-state index in [1.807, 2.05) is 30.3 Å². The van der Waals surface area contributed by atoms with Crippen LogP contribution >= 0.6 is 0 Å². The summed E-state index contributed by atoms with van der Waals surface area (Å²) in [4.78, 5) is 11.6. The fourth-order valence-electron chi connectivity index (χ4n) is 1.96. The topological polar surface area (TPSA) is 76.0 Å². The molecule has 0 aromatic heterocycles. The standard InChI is InChI=1S/C17H18O5/c1-2-21-17(20)16(19)13-9-6-10-14(15(13)18)22-11-12-7-4-3-5-8-12/h3-10,16,18-19H,2,11H2,1H3. The molecule has 116 valence electrons. The second-order valence-electron chi connectivity index (χ2n) is 4.62. The fourth-order valence-corrected chi connectivity index (χ4v) is 1.96. The van der Waals surface area contributed by atoms with E-state index in [1.165, 1.54) is 6.07 Å². The number of ether oxygens (including phenoxy) is 2. The van der Waals surface area contributed by atoms with Crippen LogP contribution in [0, 0.1) is 0 Å². The van der Waals surface area contributed by atoms with Crippen molar-refractivity contribution in [2.45, 2.75) is 19.6 Å². The average Bonchev–Trinajstić information content (AvgIpc) is 2.54. The molecule has 5 nitrogen and oxygen atoms in total. The summed E-state index contributed by atoms with van der Waals surface area (Å²) in [5.74, 6) is -0.873. The van der Waals surface area contributed by atoms with Crippen molar-refractivity contribution in [3.63, 3.8) is 0 Å². The highest BCUT2D eigenvalue weighted by atomic mass is 16.5. The van der Waals surface area contributed by atoms with Gasteiger partial charge in [0.25, 0.3) is 0 Å². The van der Waals surface area contributed by atoms with Gasteiger partial charge in [-0.25, -0.2) is 4.79 Å². The molecule has 2 rings (SSSR count). The Labute approximate surface area is 128 Å². The maximum Gasteiger partial charge on any atom is 0.339 e. The van der Waals surface area contributed by atoms with Crippen molar-refractivity contribution in [2.75, 3.05) is 6.61 Å². The van der Waals surface area contributed by atoms with E-state index in [-0.39, 0.29) is 30.3 Å². The van der Waals surface area contributed by atoms with Crippen LogP contribution in [-0.4, -0.2) is 22.8 Å². The maximum atomic E-state index is 11.6. The number of carbonyl (C=O) groups is 1. The number of aliphatic hydroxyl groups excluding tert-OH is 1. The zero-order valence-corrected chi connectivity index (χ0v) is 12.2. The number of hydrogen-bond acceptors (Lipinski definition) is 5. The summed E-state index contributed by atoms with van der Waals surface area (Å²) < 4.78 is 10.3. The van der Waals surface area contributed by atoms with Gasteiger partial charge in [0.1, 0.15) is 6.61 Å². The molecule has 0 saturated heterocycles. The van der Waals surface area contributed by atoms with Gasteiger partial charge in [-0.3, -0.25) is 0 Å². The van der Waals surface area contributed by atoms with Gasteiger partial charge in [0, 0.05) is 5.56 Å². The van der Waals surface area contributed by atoms with Crippen LogP contribution in [0.1, 0.15) is 24.2 Å². The van der Waals surface area contributed by atoms with Crippen LogP contribution in [0.15, 0.2) is 48.5 Å². The largest absolute Gasteiger partial charge is 0.504 e. The predicted molar refractivity (Wildman–Crippen MR) is 80.5 cm³/mol. The van der Waals surface area contributed by atoms with E-state index in [0.29, 0.717) is 0 Å². The van der Waals surface area contributed by atoms with E-state index in [4.69, 9.17) is 9.47 Å². The molecule has 2 aromatic carbocycles. The molecule has 1 atom stereocenters. The fraction of sp³-hybridized carbons (Fsp3) is 0.235. The lowest BCUT2D eigenvalue weighted by Crippen LogP contribution is -2.15. The Balaban J connectivity index is 2.13. The zero-order chi connectivity index (χ0) is 15.9. The summed E-state index contributed by atoms with van der Waals surface area (Å²) in [6.07, 6.45) is -1.54. The van der Waals surface area contributed by atoms with Crippen LogP contribution in [0.3, 0.4) is 0 Å². The number of aromatic hydroxyl groups is 1. The number of para-hydroxylation sites is 1. The summed E-state index contributed by atoms with van der Waals surface area (Å²) in [6.45, 7) is 2.07. The Morgan fingerprint density at radius 2 is 1.86 bits per heavy atom. The number of hydrogen-bond donors (Lipinski definition) is 2. The molecule has 0 saturated carbocycles. The molecule has 0 amide bonds. The maximum absolute atomic E-state index is 11.6. The predicted octanol–water partition coefficient (Wildman–Crippen LogP) is 2.57. The molecule has 2 aromatic rings. The second kappa shape index (κ2) is 7.47. The van der Waals surface area contributed by atoms with Crippen LogP contribution < -0.4 is 4.74 Å². The minimum absolute atomic E-state index is 0.0593. The van der Waals surface area contributed by atoms with Gasteiger partial charge in [0.2, 0.25) is 0 Å². The summed E-state index contributed by atoms with van der Waals surface area (Å²) in [7, 11) is 0. The third-order valence-corrected chi connectivity index (χ3v) is 3.07. The van der Waals surface area contributed by atoms with Crippen LogP contribution in [-0.2, 0) is 16.1 Å². The van der Waals surface area contributed by atoms with Crippen molar-refractivity contribution in [1.29, 1.82) is 0 Å². The first kappa shape index (κ1) is 15.9. The molecule has 0 heterocycles. The van der Waals surface area contributed by atoms with E-state index in [0.717, 1.165) is 5.56 Å². The summed E-state index contributed by atoms with van der Waals surface area (Å²) in [6, 6.07) is 14.1.